The van der Waals surface area contributed by atoms with Crippen LogP contribution in [0.1, 0.15) is 15.4 Å². The van der Waals surface area contributed by atoms with Crippen LogP contribution in [0.2, 0.25) is 0 Å². The molecule has 1 heterocycles. The number of nitrogens with zero attached hydrogens (tertiary/aromatic N) is 2. The lowest BCUT2D eigenvalue weighted by Crippen LogP contribution is -2.23. The van der Waals surface area contributed by atoms with Crippen molar-refractivity contribution in [3.05, 3.63) is 77.1 Å². The first-order chi connectivity index (χ1) is 13.0. The maximum absolute atomic E-state index is 12.4. The summed E-state index contributed by atoms with van der Waals surface area (Å²) in [6.07, 6.45) is 1.25. The number of nitrogens with one attached hydrogen (secondary N) is 1. The highest BCUT2D eigenvalue weighted by Gasteiger charge is 2.10. The van der Waals surface area contributed by atoms with Crippen LogP contribution in [0.25, 0.3) is 11.3 Å². The van der Waals surface area contributed by atoms with E-state index in [1.165, 1.54) is 11.0 Å². The summed E-state index contributed by atoms with van der Waals surface area (Å²) >= 11 is 1.61. The Morgan fingerprint density at radius 1 is 1.11 bits per heavy atom. The zero-order valence-electron chi connectivity index (χ0n) is 15.1. The van der Waals surface area contributed by atoms with Gasteiger partial charge in [-0.15, -0.1) is 11.3 Å². The van der Waals surface area contributed by atoms with Crippen molar-refractivity contribution >= 4 is 34.5 Å². The van der Waals surface area contributed by atoms with Crippen molar-refractivity contribution in [2.45, 2.75) is 6.92 Å². The Morgan fingerprint density at radius 3 is 2.33 bits per heavy atom. The molecule has 0 saturated heterocycles. The SMILES string of the molecule is C=CC(=O)N(C)c1ccc(C(=O)Nc2ccc(-c3csc(C)n3)cc2)cc1. The summed E-state index contributed by atoms with van der Waals surface area (Å²) in [6.45, 7) is 5.44. The summed E-state index contributed by atoms with van der Waals surface area (Å²) in [5.74, 6) is -0.417. The Balaban J connectivity index is 1.68. The van der Waals surface area contributed by atoms with Gasteiger partial charge in [-0.05, 0) is 49.4 Å². The van der Waals surface area contributed by atoms with Gasteiger partial charge in [0.15, 0.2) is 0 Å². The lowest BCUT2D eigenvalue weighted by Gasteiger charge is -2.15. The molecule has 1 aromatic heterocycles. The molecule has 0 aliphatic carbocycles. The molecule has 0 fully saturated rings. The summed E-state index contributed by atoms with van der Waals surface area (Å²) in [6, 6.07) is 14.4. The molecule has 0 radical (unpaired) electrons. The fourth-order valence-electron chi connectivity index (χ4n) is 2.52. The molecule has 0 aliphatic heterocycles. The van der Waals surface area contributed by atoms with Crippen molar-refractivity contribution in [3.63, 3.8) is 0 Å². The van der Waals surface area contributed by atoms with Crippen LogP contribution in [0.4, 0.5) is 11.4 Å². The fourth-order valence-corrected chi connectivity index (χ4v) is 3.15. The van der Waals surface area contributed by atoms with E-state index in [0.29, 0.717) is 16.9 Å². The van der Waals surface area contributed by atoms with Crippen molar-refractivity contribution in [1.82, 2.24) is 4.98 Å². The molecule has 0 spiro atoms. The van der Waals surface area contributed by atoms with E-state index in [9.17, 15) is 9.59 Å². The molecule has 0 bridgehead atoms. The zero-order chi connectivity index (χ0) is 19.4. The topological polar surface area (TPSA) is 62.3 Å². The second-order valence-corrected chi connectivity index (χ2v) is 6.99. The number of carbonyl (C=O) groups excluding carboxylic acids is 2. The maximum Gasteiger partial charge on any atom is 0.255 e. The number of hydrogen-bond donors (Lipinski definition) is 1. The first-order valence-corrected chi connectivity index (χ1v) is 9.20. The van der Waals surface area contributed by atoms with Crippen molar-refractivity contribution in [3.8, 4) is 11.3 Å². The Bertz CT molecular complexity index is 975. The number of anilines is 2. The summed E-state index contributed by atoms with van der Waals surface area (Å²) in [7, 11) is 1.66. The van der Waals surface area contributed by atoms with Gasteiger partial charge in [0.05, 0.1) is 10.7 Å². The number of aromatic nitrogens is 1. The molecule has 3 rings (SSSR count). The largest absolute Gasteiger partial charge is 0.322 e. The molecule has 0 saturated carbocycles. The quantitative estimate of drug-likeness (QED) is 0.665. The van der Waals surface area contributed by atoms with Crippen LogP contribution >= 0.6 is 11.3 Å². The Morgan fingerprint density at radius 2 is 1.78 bits per heavy atom. The summed E-state index contributed by atoms with van der Waals surface area (Å²) < 4.78 is 0. The van der Waals surface area contributed by atoms with Crippen LogP contribution < -0.4 is 10.2 Å². The standard InChI is InChI=1S/C21H19N3O2S/c1-4-20(25)24(3)18-11-7-16(8-12-18)21(26)23-17-9-5-15(6-10-17)19-13-27-14(2)22-19/h4-13H,1H2,2-3H3,(H,23,26). The minimum atomic E-state index is -0.212. The first kappa shape index (κ1) is 18.5. The number of rotatable bonds is 5. The average Bonchev–Trinajstić information content (AvgIpc) is 3.13. The van der Waals surface area contributed by atoms with E-state index in [1.807, 2.05) is 36.6 Å². The van der Waals surface area contributed by atoms with Gasteiger partial charge >= 0.3 is 0 Å². The normalized spacial score (nSPS) is 10.3. The van der Waals surface area contributed by atoms with Gasteiger partial charge in [-0.25, -0.2) is 4.98 Å². The first-order valence-electron chi connectivity index (χ1n) is 8.32. The van der Waals surface area contributed by atoms with Gasteiger partial charge in [0.1, 0.15) is 0 Å². The molecule has 2 amide bonds. The molecule has 0 aliphatic rings. The van der Waals surface area contributed by atoms with Crippen LogP contribution in [0.5, 0.6) is 0 Å². The molecule has 136 valence electrons. The van der Waals surface area contributed by atoms with Crippen molar-refractivity contribution < 1.29 is 9.59 Å². The number of carbonyl (C=O) groups is 2. The van der Waals surface area contributed by atoms with E-state index in [0.717, 1.165) is 16.3 Å². The minimum Gasteiger partial charge on any atom is -0.322 e. The van der Waals surface area contributed by atoms with Crippen LogP contribution in [-0.2, 0) is 4.79 Å². The van der Waals surface area contributed by atoms with E-state index in [-0.39, 0.29) is 11.8 Å². The maximum atomic E-state index is 12.4. The second-order valence-electron chi connectivity index (χ2n) is 5.93. The Hall–Kier alpha value is -3.25. The smallest absolute Gasteiger partial charge is 0.255 e. The van der Waals surface area contributed by atoms with Gasteiger partial charge < -0.3 is 10.2 Å². The molecular formula is C21H19N3O2S. The monoisotopic (exact) mass is 377 g/mol. The highest BCUT2D eigenvalue weighted by molar-refractivity contribution is 7.09. The average molecular weight is 377 g/mol. The number of amides is 2. The van der Waals surface area contributed by atoms with E-state index < -0.39 is 0 Å². The van der Waals surface area contributed by atoms with E-state index in [4.69, 9.17) is 0 Å². The Labute approximate surface area is 162 Å². The van der Waals surface area contributed by atoms with Crippen molar-refractivity contribution in [2.75, 3.05) is 17.3 Å². The molecule has 0 unspecified atom stereocenters. The van der Waals surface area contributed by atoms with Crippen LogP contribution in [0.3, 0.4) is 0 Å². The Kier molecular flexibility index (Phi) is 5.47. The molecule has 27 heavy (non-hydrogen) atoms. The highest BCUT2D eigenvalue weighted by Crippen LogP contribution is 2.23. The van der Waals surface area contributed by atoms with E-state index in [2.05, 4.69) is 16.9 Å². The van der Waals surface area contributed by atoms with Gasteiger partial charge in [-0.3, -0.25) is 9.59 Å². The third-order valence-corrected chi connectivity index (χ3v) is 4.85. The fraction of sp³-hybridized carbons (Fsp3) is 0.0952. The lowest BCUT2D eigenvalue weighted by molar-refractivity contribution is -0.113. The minimum absolute atomic E-state index is 0.206. The predicted molar refractivity (Wildman–Crippen MR) is 110 cm³/mol. The van der Waals surface area contributed by atoms with Gasteiger partial charge in [-0.1, -0.05) is 18.7 Å². The summed E-state index contributed by atoms with van der Waals surface area (Å²) in [5.41, 5.74) is 3.86. The van der Waals surface area contributed by atoms with Gasteiger partial charge in [-0.2, -0.15) is 0 Å². The molecule has 2 aromatic carbocycles. The van der Waals surface area contributed by atoms with Crippen molar-refractivity contribution in [1.29, 1.82) is 0 Å². The molecule has 5 nitrogen and oxygen atoms in total. The van der Waals surface area contributed by atoms with Gasteiger partial charge in [0.25, 0.3) is 5.91 Å². The molecule has 3 aromatic rings. The third-order valence-electron chi connectivity index (χ3n) is 4.08. The summed E-state index contributed by atoms with van der Waals surface area (Å²) in [4.78, 5) is 30.0. The van der Waals surface area contributed by atoms with Crippen LogP contribution in [0.15, 0.2) is 66.6 Å². The zero-order valence-corrected chi connectivity index (χ0v) is 15.9. The molecule has 0 atom stereocenters. The second kappa shape index (κ2) is 7.97. The number of benzene rings is 2. The highest BCUT2D eigenvalue weighted by atomic mass is 32.1. The number of likely N-dealkylation sites (N-methyl/N-ethyl adjacent to an activating group) is 1. The van der Waals surface area contributed by atoms with Gasteiger partial charge in [0.2, 0.25) is 5.91 Å². The molecule has 1 N–H and O–H groups in total. The van der Waals surface area contributed by atoms with Crippen LogP contribution in [-0.4, -0.2) is 23.8 Å². The van der Waals surface area contributed by atoms with Crippen molar-refractivity contribution in [2.24, 2.45) is 0 Å². The lowest BCUT2D eigenvalue weighted by atomic mass is 10.1. The summed E-state index contributed by atoms with van der Waals surface area (Å²) in [5, 5.41) is 5.90. The molecule has 6 heteroatoms. The van der Waals surface area contributed by atoms with E-state index >= 15 is 0 Å². The van der Waals surface area contributed by atoms with Gasteiger partial charge in [0, 0.05) is 34.9 Å². The third kappa shape index (κ3) is 4.30. The number of hydrogen-bond acceptors (Lipinski definition) is 4. The molecular weight excluding hydrogens is 358 g/mol. The predicted octanol–water partition coefficient (Wildman–Crippen LogP) is 4.52. The number of aryl methyl sites for hydroxylation is 1. The van der Waals surface area contributed by atoms with E-state index in [1.54, 1.807) is 42.6 Å². The number of thiazole rings is 1. The van der Waals surface area contributed by atoms with Crippen LogP contribution in [0, 0.1) is 6.92 Å².